The zero-order valence-corrected chi connectivity index (χ0v) is 7.67. The van der Waals surface area contributed by atoms with Gasteiger partial charge in [0.15, 0.2) is 0 Å². The summed E-state index contributed by atoms with van der Waals surface area (Å²) < 4.78 is 13.3. The lowest BCUT2D eigenvalue weighted by Crippen LogP contribution is -2.06. The molecule has 0 aliphatic rings. The molecule has 0 unspecified atom stereocenters. The first-order chi connectivity index (χ1) is 6.72. The molecule has 0 aliphatic carbocycles. The van der Waals surface area contributed by atoms with Gasteiger partial charge in [-0.3, -0.25) is 9.78 Å². The molecule has 0 aliphatic heterocycles. The predicted octanol–water partition coefficient (Wildman–Crippen LogP) is 1.62. The van der Waals surface area contributed by atoms with Gasteiger partial charge in [0.1, 0.15) is 5.82 Å². The number of aromatic amines is 1. The molecule has 0 atom stereocenters. The Morgan fingerprint density at radius 2 is 2.29 bits per heavy atom. The molecular formula is C10H9FN2O. The van der Waals surface area contributed by atoms with Gasteiger partial charge in [0.2, 0.25) is 5.56 Å². The molecule has 2 aromatic heterocycles. The fraction of sp³-hybridized carbons (Fsp3) is 0.200. The van der Waals surface area contributed by atoms with E-state index in [1.165, 1.54) is 12.3 Å². The number of pyridine rings is 2. The second-order valence-corrected chi connectivity index (χ2v) is 3.02. The van der Waals surface area contributed by atoms with Gasteiger partial charge < -0.3 is 4.98 Å². The van der Waals surface area contributed by atoms with Crippen LogP contribution in [-0.2, 0) is 6.42 Å². The highest BCUT2D eigenvalue weighted by Crippen LogP contribution is 2.16. The molecule has 0 fully saturated rings. The van der Waals surface area contributed by atoms with Gasteiger partial charge >= 0.3 is 0 Å². The van der Waals surface area contributed by atoms with Crippen LogP contribution in [0.25, 0.3) is 11.0 Å². The van der Waals surface area contributed by atoms with Crippen LogP contribution in [0.3, 0.4) is 0 Å². The molecule has 72 valence electrons. The maximum Gasteiger partial charge on any atom is 0.248 e. The third-order valence-corrected chi connectivity index (χ3v) is 2.16. The molecule has 2 heterocycles. The maximum absolute atomic E-state index is 13.3. The summed E-state index contributed by atoms with van der Waals surface area (Å²) in [5.74, 6) is -0.373. The molecule has 14 heavy (non-hydrogen) atoms. The second-order valence-electron chi connectivity index (χ2n) is 3.02. The van der Waals surface area contributed by atoms with Crippen LogP contribution in [0.5, 0.6) is 0 Å². The Bertz CT molecular complexity index is 533. The highest BCUT2D eigenvalue weighted by molar-refractivity contribution is 5.77. The van der Waals surface area contributed by atoms with Crippen LogP contribution in [0.4, 0.5) is 4.39 Å². The lowest BCUT2D eigenvalue weighted by molar-refractivity contribution is 0.609. The van der Waals surface area contributed by atoms with E-state index in [-0.39, 0.29) is 11.4 Å². The number of aryl methyl sites for hydroxylation is 1. The van der Waals surface area contributed by atoms with Crippen LogP contribution in [0, 0.1) is 5.82 Å². The molecule has 3 nitrogen and oxygen atoms in total. The zero-order valence-electron chi connectivity index (χ0n) is 7.67. The molecule has 0 saturated heterocycles. The van der Waals surface area contributed by atoms with E-state index in [9.17, 15) is 9.18 Å². The Morgan fingerprint density at radius 1 is 1.50 bits per heavy atom. The molecule has 0 bridgehead atoms. The standard InChI is InChI=1S/C10H9FN2O/c1-2-6-7(11)5-12-8-3-4-9(14)13-10(6)8/h3-5H,2H2,1H3,(H,13,14). The van der Waals surface area contributed by atoms with Crippen molar-refractivity contribution < 1.29 is 4.39 Å². The number of fused-ring (bicyclic) bond motifs is 1. The highest BCUT2D eigenvalue weighted by Gasteiger charge is 2.06. The first-order valence-corrected chi connectivity index (χ1v) is 4.38. The first kappa shape index (κ1) is 8.87. The summed E-state index contributed by atoms with van der Waals surface area (Å²) in [6.45, 7) is 1.84. The predicted molar refractivity (Wildman–Crippen MR) is 51.7 cm³/mol. The van der Waals surface area contributed by atoms with E-state index in [2.05, 4.69) is 9.97 Å². The van der Waals surface area contributed by atoms with E-state index >= 15 is 0 Å². The van der Waals surface area contributed by atoms with E-state index in [1.807, 2.05) is 6.92 Å². The smallest absolute Gasteiger partial charge is 0.248 e. The van der Waals surface area contributed by atoms with Crippen molar-refractivity contribution >= 4 is 11.0 Å². The normalized spacial score (nSPS) is 10.7. The van der Waals surface area contributed by atoms with Gasteiger partial charge in [0.25, 0.3) is 0 Å². The number of hydrogen-bond donors (Lipinski definition) is 1. The van der Waals surface area contributed by atoms with Gasteiger partial charge in [0, 0.05) is 11.6 Å². The average molecular weight is 192 g/mol. The van der Waals surface area contributed by atoms with Crippen molar-refractivity contribution in [2.75, 3.05) is 0 Å². The molecule has 0 saturated carbocycles. The first-order valence-electron chi connectivity index (χ1n) is 4.38. The topological polar surface area (TPSA) is 45.8 Å². The number of nitrogens with zero attached hydrogens (tertiary/aromatic N) is 1. The summed E-state index contributed by atoms with van der Waals surface area (Å²) in [5.41, 5.74) is 1.38. The molecule has 0 radical (unpaired) electrons. The lowest BCUT2D eigenvalue weighted by atomic mass is 10.1. The summed E-state index contributed by atoms with van der Waals surface area (Å²) in [6.07, 6.45) is 1.71. The molecule has 4 heteroatoms. The van der Waals surface area contributed by atoms with Crippen molar-refractivity contribution in [1.29, 1.82) is 0 Å². The number of rotatable bonds is 1. The quantitative estimate of drug-likeness (QED) is 0.746. The molecule has 1 N–H and O–H groups in total. The molecule has 2 rings (SSSR count). The average Bonchev–Trinajstić information content (AvgIpc) is 2.17. The SMILES string of the molecule is CCc1c(F)cnc2ccc(=O)[nH]c12. The third-order valence-electron chi connectivity index (χ3n) is 2.16. The van der Waals surface area contributed by atoms with Crippen molar-refractivity contribution in [3.8, 4) is 0 Å². The second kappa shape index (κ2) is 3.21. The van der Waals surface area contributed by atoms with Crippen molar-refractivity contribution in [3.63, 3.8) is 0 Å². The van der Waals surface area contributed by atoms with Crippen molar-refractivity contribution in [2.45, 2.75) is 13.3 Å². The van der Waals surface area contributed by atoms with Gasteiger partial charge in [0.05, 0.1) is 17.2 Å². The minimum absolute atomic E-state index is 0.236. The van der Waals surface area contributed by atoms with E-state index in [0.717, 1.165) is 0 Å². The van der Waals surface area contributed by atoms with Crippen molar-refractivity contribution in [1.82, 2.24) is 9.97 Å². The lowest BCUT2D eigenvalue weighted by Gasteiger charge is -2.03. The minimum Gasteiger partial charge on any atom is -0.320 e. The Morgan fingerprint density at radius 3 is 3.00 bits per heavy atom. The van der Waals surface area contributed by atoms with Crippen LogP contribution in [0.2, 0.25) is 0 Å². The summed E-state index contributed by atoms with van der Waals surface area (Å²) >= 11 is 0. The van der Waals surface area contributed by atoms with Crippen LogP contribution < -0.4 is 5.56 Å². The largest absolute Gasteiger partial charge is 0.320 e. The molecule has 0 amide bonds. The fourth-order valence-corrected chi connectivity index (χ4v) is 1.47. The molecule has 2 aromatic rings. The summed E-state index contributed by atoms with van der Waals surface area (Å²) in [7, 11) is 0. The summed E-state index contributed by atoms with van der Waals surface area (Å²) in [5, 5.41) is 0. The number of H-pyrrole nitrogens is 1. The zero-order chi connectivity index (χ0) is 10.1. The number of halogens is 1. The number of nitrogens with one attached hydrogen (secondary N) is 1. The van der Waals surface area contributed by atoms with Crippen LogP contribution in [-0.4, -0.2) is 9.97 Å². The van der Waals surface area contributed by atoms with Gasteiger partial charge in [-0.05, 0) is 12.5 Å². The van der Waals surface area contributed by atoms with Crippen LogP contribution >= 0.6 is 0 Å². The van der Waals surface area contributed by atoms with Gasteiger partial charge in [-0.1, -0.05) is 6.92 Å². The van der Waals surface area contributed by atoms with Crippen LogP contribution in [0.1, 0.15) is 12.5 Å². The monoisotopic (exact) mass is 192 g/mol. The Balaban J connectivity index is 2.91. The number of aromatic nitrogens is 2. The Labute approximate surface area is 79.6 Å². The molecule has 0 spiro atoms. The van der Waals surface area contributed by atoms with Crippen LogP contribution in [0.15, 0.2) is 23.1 Å². The fourth-order valence-electron chi connectivity index (χ4n) is 1.47. The van der Waals surface area contributed by atoms with Gasteiger partial charge in [-0.15, -0.1) is 0 Å². The third kappa shape index (κ3) is 1.28. The maximum atomic E-state index is 13.3. The van der Waals surface area contributed by atoms with Gasteiger partial charge in [-0.25, -0.2) is 4.39 Å². The van der Waals surface area contributed by atoms with Crippen molar-refractivity contribution in [2.24, 2.45) is 0 Å². The van der Waals surface area contributed by atoms with E-state index in [1.54, 1.807) is 6.07 Å². The van der Waals surface area contributed by atoms with Gasteiger partial charge in [-0.2, -0.15) is 0 Å². The molecule has 0 aromatic carbocycles. The highest BCUT2D eigenvalue weighted by atomic mass is 19.1. The summed E-state index contributed by atoms with van der Waals surface area (Å²) in [4.78, 5) is 17.5. The van der Waals surface area contributed by atoms with Crippen molar-refractivity contribution in [3.05, 3.63) is 40.1 Å². The minimum atomic E-state index is -0.373. The van der Waals surface area contributed by atoms with E-state index in [4.69, 9.17) is 0 Å². The molecular weight excluding hydrogens is 183 g/mol. The summed E-state index contributed by atoms with van der Waals surface area (Å²) in [6, 6.07) is 2.97. The van der Waals surface area contributed by atoms with E-state index < -0.39 is 0 Å². The Hall–Kier alpha value is -1.71. The number of hydrogen-bond acceptors (Lipinski definition) is 2. The van der Waals surface area contributed by atoms with E-state index in [0.29, 0.717) is 23.0 Å². The Kier molecular flexibility index (Phi) is 2.04.